The molecule has 0 aromatic heterocycles. The zero-order valence-electron chi connectivity index (χ0n) is 5.51. The molecular formula is C7H12OS. The van der Waals surface area contributed by atoms with E-state index in [1.54, 1.807) is 0 Å². The van der Waals surface area contributed by atoms with Crippen LogP contribution in [-0.2, 0) is 4.74 Å². The molecule has 0 bridgehead atoms. The van der Waals surface area contributed by atoms with Crippen LogP contribution in [0.3, 0.4) is 0 Å². The van der Waals surface area contributed by atoms with Gasteiger partial charge in [-0.25, -0.2) is 0 Å². The van der Waals surface area contributed by atoms with Crippen LogP contribution in [0, 0.1) is 5.92 Å². The number of hydrogen-bond acceptors (Lipinski definition) is 2. The van der Waals surface area contributed by atoms with E-state index in [0.717, 1.165) is 12.5 Å². The van der Waals surface area contributed by atoms with E-state index in [2.05, 4.69) is 11.8 Å². The van der Waals surface area contributed by atoms with Gasteiger partial charge in [-0.3, -0.25) is 0 Å². The van der Waals surface area contributed by atoms with Crippen LogP contribution in [0.5, 0.6) is 0 Å². The molecule has 0 aromatic rings. The number of ether oxygens (including phenoxy) is 1. The molecule has 1 aliphatic carbocycles. The SMILES string of the molecule is C1COC2CC2CSC1. The van der Waals surface area contributed by atoms with Gasteiger partial charge in [0.1, 0.15) is 0 Å². The molecule has 1 nitrogen and oxygen atoms in total. The van der Waals surface area contributed by atoms with Crippen LogP contribution in [0.1, 0.15) is 12.8 Å². The van der Waals surface area contributed by atoms with Crippen molar-refractivity contribution in [3.8, 4) is 0 Å². The van der Waals surface area contributed by atoms with Crippen molar-refractivity contribution in [2.75, 3.05) is 18.1 Å². The second-order valence-corrected chi connectivity index (χ2v) is 3.98. The lowest BCUT2D eigenvalue weighted by atomic mass is 10.5. The summed E-state index contributed by atoms with van der Waals surface area (Å²) in [5, 5.41) is 0. The van der Waals surface area contributed by atoms with Gasteiger partial charge >= 0.3 is 0 Å². The Kier molecular flexibility index (Phi) is 1.68. The van der Waals surface area contributed by atoms with Crippen LogP contribution < -0.4 is 0 Å². The van der Waals surface area contributed by atoms with Gasteiger partial charge in [0, 0.05) is 6.61 Å². The predicted molar refractivity (Wildman–Crippen MR) is 39.8 cm³/mol. The first-order valence-electron chi connectivity index (χ1n) is 3.66. The zero-order valence-corrected chi connectivity index (χ0v) is 6.32. The monoisotopic (exact) mass is 144 g/mol. The summed E-state index contributed by atoms with van der Waals surface area (Å²) in [6.07, 6.45) is 3.26. The van der Waals surface area contributed by atoms with Gasteiger partial charge in [-0.1, -0.05) is 0 Å². The summed E-state index contributed by atoms with van der Waals surface area (Å²) in [5.41, 5.74) is 0. The van der Waals surface area contributed by atoms with Gasteiger partial charge in [0.15, 0.2) is 0 Å². The highest BCUT2D eigenvalue weighted by Crippen LogP contribution is 2.37. The van der Waals surface area contributed by atoms with E-state index in [9.17, 15) is 0 Å². The summed E-state index contributed by atoms with van der Waals surface area (Å²) in [6, 6.07) is 0. The molecule has 0 spiro atoms. The molecule has 0 aromatic carbocycles. The van der Waals surface area contributed by atoms with Crippen LogP contribution in [-0.4, -0.2) is 24.2 Å². The molecule has 1 heterocycles. The minimum Gasteiger partial charge on any atom is -0.378 e. The lowest BCUT2D eigenvalue weighted by molar-refractivity contribution is 0.111. The summed E-state index contributed by atoms with van der Waals surface area (Å²) in [6.45, 7) is 1.01. The second-order valence-electron chi connectivity index (χ2n) is 2.83. The van der Waals surface area contributed by atoms with Gasteiger partial charge in [-0.05, 0) is 30.3 Å². The Morgan fingerprint density at radius 1 is 1.44 bits per heavy atom. The third-order valence-corrected chi connectivity index (χ3v) is 3.20. The van der Waals surface area contributed by atoms with Crippen molar-refractivity contribution in [2.45, 2.75) is 18.9 Å². The maximum atomic E-state index is 5.54. The predicted octanol–water partition coefficient (Wildman–Crippen LogP) is 1.53. The molecule has 2 aliphatic rings. The maximum Gasteiger partial charge on any atom is 0.0616 e. The highest BCUT2D eigenvalue weighted by Gasteiger charge is 2.38. The van der Waals surface area contributed by atoms with Crippen LogP contribution in [0.15, 0.2) is 0 Å². The molecule has 2 atom stereocenters. The minimum atomic E-state index is 0.665. The first-order chi connectivity index (χ1) is 4.47. The molecule has 9 heavy (non-hydrogen) atoms. The number of thioether (sulfide) groups is 1. The highest BCUT2D eigenvalue weighted by molar-refractivity contribution is 7.99. The molecule has 2 unspecified atom stereocenters. The fourth-order valence-corrected chi connectivity index (χ4v) is 2.37. The van der Waals surface area contributed by atoms with Crippen molar-refractivity contribution < 1.29 is 4.74 Å². The van der Waals surface area contributed by atoms with Crippen LogP contribution in [0.4, 0.5) is 0 Å². The molecule has 2 heteroatoms. The van der Waals surface area contributed by atoms with Gasteiger partial charge in [-0.15, -0.1) is 0 Å². The molecule has 52 valence electrons. The average molecular weight is 144 g/mol. The fourth-order valence-electron chi connectivity index (χ4n) is 1.23. The lowest BCUT2D eigenvalue weighted by Crippen LogP contribution is -2.05. The summed E-state index contributed by atoms with van der Waals surface area (Å²) in [4.78, 5) is 0. The molecule has 2 fully saturated rings. The summed E-state index contributed by atoms with van der Waals surface area (Å²) < 4.78 is 5.54. The third kappa shape index (κ3) is 1.41. The summed E-state index contributed by atoms with van der Waals surface area (Å²) >= 11 is 2.10. The average Bonchev–Trinajstić information content (AvgIpc) is 2.46. The number of fused-ring (bicyclic) bond motifs is 1. The van der Waals surface area contributed by atoms with E-state index in [1.807, 2.05) is 0 Å². The first-order valence-corrected chi connectivity index (χ1v) is 4.81. The molecular weight excluding hydrogens is 132 g/mol. The Morgan fingerprint density at radius 2 is 2.44 bits per heavy atom. The smallest absolute Gasteiger partial charge is 0.0616 e. The molecule has 0 radical (unpaired) electrons. The Hall–Kier alpha value is 0.310. The molecule has 2 rings (SSSR count). The Balaban J connectivity index is 1.81. The topological polar surface area (TPSA) is 9.23 Å². The van der Waals surface area contributed by atoms with Crippen LogP contribution >= 0.6 is 11.8 Å². The van der Waals surface area contributed by atoms with Crippen molar-refractivity contribution in [3.05, 3.63) is 0 Å². The Morgan fingerprint density at radius 3 is 3.44 bits per heavy atom. The van der Waals surface area contributed by atoms with E-state index in [4.69, 9.17) is 4.74 Å². The van der Waals surface area contributed by atoms with Gasteiger partial charge in [-0.2, -0.15) is 11.8 Å². The maximum absolute atomic E-state index is 5.54. The van der Waals surface area contributed by atoms with Gasteiger partial charge < -0.3 is 4.74 Å². The lowest BCUT2D eigenvalue weighted by Gasteiger charge is -2.07. The van der Waals surface area contributed by atoms with Crippen molar-refractivity contribution >= 4 is 11.8 Å². The second kappa shape index (κ2) is 2.51. The van der Waals surface area contributed by atoms with Gasteiger partial charge in [0.2, 0.25) is 0 Å². The van der Waals surface area contributed by atoms with Crippen LogP contribution in [0.2, 0.25) is 0 Å². The van der Waals surface area contributed by atoms with Gasteiger partial charge in [0.25, 0.3) is 0 Å². The van der Waals surface area contributed by atoms with Crippen molar-refractivity contribution in [2.24, 2.45) is 5.92 Å². The molecule has 1 saturated carbocycles. The molecule has 0 N–H and O–H groups in total. The molecule has 1 saturated heterocycles. The summed E-state index contributed by atoms with van der Waals surface area (Å²) in [5.74, 6) is 3.59. The molecule has 0 amide bonds. The summed E-state index contributed by atoms with van der Waals surface area (Å²) in [7, 11) is 0. The van der Waals surface area contributed by atoms with Crippen molar-refractivity contribution in [1.82, 2.24) is 0 Å². The number of hydrogen-bond donors (Lipinski definition) is 0. The Bertz CT molecular complexity index is 93.1. The van der Waals surface area contributed by atoms with E-state index < -0.39 is 0 Å². The van der Waals surface area contributed by atoms with Crippen LogP contribution in [0.25, 0.3) is 0 Å². The normalized spacial score (nSPS) is 42.7. The van der Waals surface area contributed by atoms with Crippen molar-refractivity contribution in [1.29, 1.82) is 0 Å². The Labute approximate surface area is 60.2 Å². The standard InChI is InChI=1S/C7H12OS/c1-2-8-7-4-6(7)5-9-3-1/h6-7H,1-5H2. The van der Waals surface area contributed by atoms with E-state index in [0.29, 0.717) is 6.10 Å². The van der Waals surface area contributed by atoms with Gasteiger partial charge in [0.05, 0.1) is 6.10 Å². The van der Waals surface area contributed by atoms with Crippen molar-refractivity contribution in [3.63, 3.8) is 0 Å². The van der Waals surface area contributed by atoms with E-state index >= 15 is 0 Å². The number of rotatable bonds is 0. The largest absolute Gasteiger partial charge is 0.378 e. The third-order valence-electron chi connectivity index (χ3n) is 1.95. The molecule has 1 aliphatic heterocycles. The highest BCUT2D eigenvalue weighted by atomic mass is 32.2. The first kappa shape index (κ1) is 6.05. The quantitative estimate of drug-likeness (QED) is 0.510. The van der Waals surface area contributed by atoms with E-state index in [-0.39, 0.29) is 0 Å². The zero-order chi connectivity index (χ0) is 6.10. The fraction of sp³-hybridized carbons (Fsp3) is 1.00. The minimum absolute atomic E-state index is 0.665. The van der Waals surface area contributed by atoms with E-state index in [1.165, 1.54) is 24.3 Å².